The zero-order chi connectivity index (χ0) is 21.8. The van der Waals surface area contributed by atoms with Crippen molar-refractivity contribution in [1.82, 2.24) is 19.6 Å². The highest BCUT2D eigenvalue weighted by Crippen LogP contribution is 2.24. The molecule has 0 aliphatic carbocycles. The van der Waals surface area contributed by atoms with E-state index in [1.165, 1.54) is 5.56 Å². The van der Waals surface area contributed by atoms with E-state index in [1.807, 2.05) is 18.2 Å². The van der Waals surface area contributed by atoms with Crippen LogP contribution in [0.2, 0.25) is 0 Å². The number of benzene rings is 2. The van der Waals surface area contributed by atoms with E-state index in [0.717, 1.165) is 60.8 Å². The van der Waals surface area contributed by atoms with Crippen molar-refractivity contribution in [2.75, 3.05) is 13.1 Å². The molecule has 5 nitrogen and oxygen atoms in total. The van der Waals surface area contributed by atoms with Gasteiger partial charge in [0.1, 0.15) is 0 Å². The minimum absolute atomic E-state index is 0.147. The zero-order valence-corrected chi connectivity index (χ0v) is 18.9. The van der Waals surface area contributed by atoms with E-state index in [2.05, 4.69) is 68.7 Å². The lowest BCUT2D eigenvalue weighted by Gasteiger charge is -2.32. The third kappa shape index (κ3) is 4.92. The molecule has 2 aromatic heterocycles. The number of likely N-dealkylation sites (tertiary alicyclic amines) is 1. The number of imidazole rings is 1. The van der Waals surface area contributed by atoms with Crippen molar-refractivity contribution in [1.29, 1.82) is 0 Å². The van der Waals surface area contributed by atoms with Gasteiger partial charge in [-0.1, -0.05) is 60.7 Å². The van der Waals surface area contributed by atoms with Crippen molar-refractivity contribution in [3.05, 3.63) is 83.5 Å². The number of aromatic nitrogens is 2. The van der Waals surface area contributed by atoms with Gasteiger partial charge in [0.15, 0.2) is 4.96 Å². The molecule has 0 bridgehead atoms. The lowest BCUT2D eigenvalue weighted by Crippen LogP contribution is -2.44. The van der Waals surface area contributed by atoms with Gasteiger partial charge < -0.3 is 5.32 Å². The van der Waals surface area contributed by atoms with Crippen LogP contribution < -0.4 is 5.32 Å². The second kappa shape index (κ2) is 9.67. The monoisotopic (exact) mass is 444 g/mol. The summed E-state index contributed by atoms with van der Waals surface area (Å²) in [6, 6.07) is 21.1. The van der Waals surface area contributed by atoms with Crippen LogP contribution in [0.15, 0.2) is 72.2 Å². The molecule has 1 amide bonds. The molecule has 5 rings (SSSR count). The maximum absolute atomic E-state index is 12.6. The Labute approximate surface area is 192 Å². The lowest BCUT2D eigenvalue weighted by molar-refractivity contribution is -0.122. The first-order valence-corrected chi connectivity index (χ1v) is 12.2. The van der Waals surface area contributed by atoms with E-state index in [4.69, 9.17) is 4.98 Å². The number of nitrogens with one attached hydrogen (secondary N) is 1. The normalized spacial score (nSPS) is 15.2. The first-order chi connectivity index (χ1) is 15.7. The average molecular weight is 445 g/mol. The summed E-state index contributed by atoms with van der Waals surface area (Å²) in [5, 5.41) is 5.38. The molecule has 0 radical (unpaired) electrons. The van der Waals surface area contributed by atoms with Crippen LogP contribution in [0.1, 0.15) is 30.5 Å². The molecule has 0 atom stereocenters. The second-order valence-electron chi connectivity index (χ2n) is 8.48. The first kappa shape index (κ1) is 20.9. The quantitative estimate of drug-likeness (QED) is 0.446. The molecule has 1 fully saturated rings. The van der Waals surface area contributed by atoms with Crippen LogP contribution in [0, 0.1) is 0 Å². The van der Waals surface area contributed by atoms with Crippen LogP contribution in [-0.2, 0) is 17.8 Å². The lowest BCUT2D eigenvalue weighted by atomic mass is 10.0. The molecule has 1 aliphatic heterocycles. The van der Waals surface area contributed by atoms with Crippen molar-refractivity contribution < 1.29 is 4.79 Å². The number of aryl methyl sites for hydroxylation is 1. The Kier molecular flexibility index (Phi) is 6.32. The number of piperidine rings is 1. The molecule has 3 heterocycles. The molecular weight excluding hydrogens is 416 g/mol. The number of nitrogens with zero attached hydrogens (tertiary/aromatic N) is 3. The van der Waals surface area contributed by atoms with Gasteiger partial charge in [-0.15, -0.1) is 11.3 Å². The van der Waals surface area contributed by atoms with E-state index in [9.17, 15) is 4.79 Å². The highest BCUT2D eigenvalue weighted by molar-refractivity contribution is 7.15. The highest BCUT2D eigenvalue weighted by atomic mass is 32.1. The van der Waals surface area contributed by atoms with Gasteiger partial charge in [0.05, 0.1) is 5.69 Å². The molecule has 164 valence electrons. The molecule has 2 aromatic carbocycles. The third-order valence-corrected chi connectivity index (χ3v) is 7.05. The summed E-state index contributed by atoms with van der Waals surface area (Å²) in [6.07, 6.45) is 5.35. The standard InChI is InChI=1S/C26H28N4OS/c31-25(27-22-13-15-29(16-14-22)17-20-7-3-1-4-8-20)12-11-23-19-32-26-28-24(18-30(23)26)21-9-5-2-6-10-21/h1-10,18-19,22H,11-17H2,(H,27,31). The molecule has 0 spiro atoms. The number of amides is 1. The molecule has 1 aliphatic rings. The summed E-state index contributed by atoms with van der Waals surface area (Å²) in [5.41, 5.74) is 4.59. The van der Waals surface area contributed by atoms with Crippen LogP contribution in [0.25, 0.3) is 16.2 Å². The molecule has 0 unspecified atom stereocenters. The maximum atomic E-state index is 12.6. The van der Waals surface area contributed by atoms with Gasteiger partial charge in [-0.2, -0.15) is 0 Å². The Hall–Kier alpha value is -2.96. The summed E-state index contributed by atoms with van der Waals surface area (Å²) in [7, 11) is 0. The molecular formula is C26H28N4OS. The fourth-order valence-electron chi connectivity index (χ4n) is 4.38. The number of fused-ring (bicyclic) bond motifs is 1. The second-order valence-corrected chi connectivity index (χ2v) is 9.31. The molecule has 0 saturated carbocycles. The van der Waals surface area contributed by atoms with Crippen molar-refractivity contribution >= 4 is 22.2 Å². The van der Waals surface area contributed by atoms with Gasteiger partial charge in [0, 0.05) is 54.9 Å². The number of hydrogen-bond donors (Lipinski definition) is 1. The van der Waals surface area contributed by atoms with Crippen LogP contribution in [0.4, 0.5) is 0 Å². The van der Waals surface area contributed by atoms with Crippen molar-refractivity contribution in [3.8, 4) is 11.3 Å². The Balaban J connectivity index is 1.11. The summed E-state index contributed by atoms with van der Waals surface area (Å²) in [5.74, 6) is 0.147. The van der Waals surface area contributed by atoms with Crippen LogP contribution >= 0.6 is 11.3 Å². The molecule has 6 heteroatoms. The van der Waals surface area contributed by atoms with Gasteiger partial charge in [-0.25, -0.2) is 4.98 Å². The largest absolute Gasteiger partial charge is 0.353 e. The highest BCUT2D eigenvalue weighted by Gasteiger charge is 2.21. The van der Waals surface area contributed by atoms with Gasteiger partial charge in [-0.05, 0) is 24.8 Å². The third-order valence-electron chi connectivity index (χ3n) is 6.16. The van der Waals surface area contributed by atoms with E-state index in [-0.39, 0.29) is 11.9 Å². The van der Waals surface area contributed by atoms with Crippen LogP contribution in [0.5, 0.6) is 0 Å². The van der Waals surface area contributed by atoms with Crippen LogP contribution in [0.3, 0.4) is 0 Å². The summed E-state index contributed by atoms with van der Waals surface area (Å²) < 4.78 is 2.13. The van der Waals surface area contributed by atoms with Gasteiger partial charge >= 0.3 is 0 Å². The van der Waals surface area contributed by atoms with Gasteiger partial charge in [0.25, 0.3) is 0 Å². The fourth-order valence-corrected chi connectivity index (χ4v) is 5.28. The number of carbonyl (C=O) groups is 1. The predicted molar refractivity (Wildman–Crippen MR) is 130 cm³/mol. The summed E-state index contributed by atoms with van der Waals surface area (Å²) in [4.78, 5) is 20.8. The number of thiazole rings is 1. The average Bonchev–Trinajstić information content (AvgIpc) is 3.42. The zero-order valence-electron chi connectivity index (χ0n) is 18.1. The van der Waals surface area contributed by atoms with Crippen molar-refractivity contribution in [3.63, 3.8) is 0 Å². The van der Waals surface area contributed by atoms with Crippen LogP contribution in [-0.4, -0.2) is 39.3 Å². The number of carbonyl (C=O) groups excluding carboxylic acids is 1. The van der Waals surface area contributed by atoms with Crippen molar-refractivity contribution in [2.24, 2.45) is 0 Å². The van der Waals surface area contributed by atoms with E-state index >= 15 is 0 Å². The SMILES string of the molecule is O=C(CCc1csc2nc(-c3ccccc3)cn12)NC1CCN(Cc2ccccc2)CC1. The number of hydrogen-bond acceptors (Lipinski definition) is 4. The fraction of sp³-hybridized carbons (Fsp3) is 0.308. The Morgan fingerprint density at radius 1 is 1.03 bits per heavy atom. The summed E-state index contributed by atoms with van der Waals surface area (Å²) >= 11 is 1.63. The Morgan fingerprint density at radius 2 is 1.75 bits per heavy atom. The summed E-state index contributed by atoms with van der Waals surface area (Å²) in [6.45, 7) is 3.05. The topological polar surface area (TPSA) is 49.6 Å². The first-order valence-electron chi connectivity index (χ1n) is 11.3. The minimum atomic E-state index is 0.147. The molecule has 1 saturated heterocycles. The molecule has 4 aromatic rings. The van der Waals surface area contributed by atoms with E-state index in [1.54, 1.807) is 11.3 Å². The van der Waals surface area contributed by atoms with E-state index < -0.39 is 0 Å². The van der Waals surface area contributed by atoms with Crippen molar-refractivity contribution in [2.45, 2.75) is 38.3 Å². The Morgan fingerprint density at radius 3 is 2.50 bits per heavy atom. The van der Waals surface area contributed by atoms with Gasteiger partial charge in [0.2, 0.25) is 5.91 Å². The van der Waals surface area contributed by atoms with Gasteiger partial charge in [-0.3, -0.25) is 14.1 Å². The van der Waals surface area contributed by atoms with E-state index in [0.29, 0.717) is 6.42 Å². The minimum Gasteiger partial charge on any atom is -0.353 e. The predicted octanol–water partition coefficient (Wildman–Crippen LogP) is 4.78. The number of rotatable bonds is 7. The Bertz CT molecular complexity index is 1160. The maximum Gasteiger partial charge on any atom is 0.220 e. The molecule has 32 heavy (non-hydrogen) atoms. The molecule has 1 N–H and O–H groups in total. The smallest absolute Gasteiger partial charge is 0.220 e.